The number of carbonyl (C=O) groups excluding carboxylic acids is 1. The summed E-state index contributed by atoms with van der Waals surface area (Å²) in [6.45, 7) is 3.16. The van der Waals surface area contributed by atoms with Crippen molar-refractivity contribution in [3.05, 3.63) is 30.1 Å². The van der Waals surface area contributed by atoms with Gasteiger partial charge in [-0.1, -0.05) is 0 Å². The molecule has 1 aromatic heterocycles. The van der Waals surface area contributed by atoms with Gasteiger partial charge >= 0.3 is 0 Å². The van der Waals surface area contributed by atoms with Crippen LogP contribution in [0.2, 0.25) is 0 Å². The number of hydrogen-bond acceptors (Lipinski definition) is 7. The number of aryl methyl sites for hydroxylation is 1. The molecular weight excluding hydrogens is 480 g/mol. The summed E-state index contributed by atoms with van der Waals surface area (Å²) in [5.74, 6) is 0.144. The first-order valence-corrected chi connectivity index (χ1v) is 14.5. The van der Waals surface area contributed by atoms with E-state index in [9.17, 15) is 13.2 Å². The Balaban J connectivity index is 1.38. The number of aliphatic hydroxyl groups is 1. The molecule has 3 aliphatic rings. The molecule has 0 unspecified atom stereocenters. The normalized spacial score (nSPS) is 19.4. The number of carbonyl (C=O) groups is 1. The standard InChI is InChI=1S/C25H36N6O4S/c1-29-18-21(27-24(29)31-11-3-2-4-12-31)23(33)26-20-6-5-19(28-36(34,35)16-15-32)17-22(20)30-13-9-25(7-8-25)10-14-30/h5-6,17-18,28,32H,2-4,7-16H2,1H3,(H,26,33). The van der Waals surface area contributed by atoms with Crippen LogP contribution in [0.1, 0.15) is 55.4 Å². The number of hydrogen-bond donors (Lipinski definition) is 3. The van der Waals surface area contributed by atoms with E-state index in [4.69, 9.17) is 5.11 Å². The number of nitrogens with zero attached hydrogens (tertiary/aromatic N) is 4. The molecule has 36 heavy (non-hydrogen) atoms. The second-order valence-corrected chi connectivity index (χ2v) is 12.2. The van der Waals surface area contributed by atoms with Crippen molar-refractivity contribution in [1.29, 1.82) is 0 Å². The SMILES string of the molecule is Cn1cc(C(=O)Nc2ccc(NS(=O)(=O)CCO)cc2N2CCC3(CC2)CC3)nc1N1CCCCC1. The number of aromatic nitrogens is 2. The Labute approximate surface area is 212 Å². The van der Waals surface area contributed by atoms with E-state index in [1.165, 1.54) is 19.3 Å². The first-order valence-electron chi connectivity index (χ1n) is 12.9. The Morgan fingerprint density at radius 3 is 2.44 bits per heavy atom. The number of amides is 1. The molecule has 196 valence electrons. The number of aliphatic hydroxyl groups excluding tert-OH is 1. The first-order chi connectivity index (χ1) is 17.3. The van der Waals surface area contributed by atoms with Crippen LogP contribution in [-0.4, -0.2) is 67.5 Å². The Bertz CT molecular complexity index is 1210. The molecule has 1 aliphatic carbocycles. The number of imidazole rings is 1. The van der Waals surface area contributed by atoms with Crippen LogP contribution in [0.3, 0.4) is 0 Å². The summed E-state index contributed by atoms with van der Waals surface area (Å²) in [7, 11) is -1.75. The summed E-state index contributed by atoms with van der Waals surface area (Å²) in [6, 6.07) is 5.14. The minimum Gasteiger partial charge on any atom is -0.395 e. The lowest BCUT2D eigenvalue weighted by Gasteiger charge is -2.35. The van der Waals surface area contributed by atoms with Crippen LogP contribution < -0.4 is 19.8 Å². The van der Waals surface area contributed by atoms with Crippen molar-refractivity contribution in [1.82, 2.24) is 9.55 Å². The van der Waals surface area contributed by atoms with Gasteiger partial charge in [-0.3, -0.25) is 9.52 Å². The quantitative estimate of drug-likeness (QED) is 0.494. The van der Waals surface area contributed by atoms with E-state index in [1.54, 1.807) is 24.4 Å². The van der Waals surface area contributed by atoms with Crippen LogP contribution in [0, 0.1) is 5.41 Å². The molecule has 11 heteroatoms. The Kier molecular flexibility index (Phi) is 6.86. The van der Waals surface area contributed by atoms with Gasteiger partial charge in [0.05, 0.1) is 29.4 Å². The van der Waals surface area contributed by atoms with Crippen LogP contribution in [-0.2, 0) is 17.1 Å². The fourth-order valence-corrected chi connectivity index (χ4v) is 6.18. The molecule has 10 nitrogen and oxygen atoms in total. The van der Waals surface area contributed by atoms with Crippen molar-refractivity contribution in [2.24, 2.45) is 12.5 Å². The maximum absolute atomic E-state index is 13.2. The van der Waals surface area contributed by atoms with Gasteiger partial charge in [-0.25, -0.2) is 13.4 Å². The summed E-state index contributed by atoms with van der Waals surface area (Å²) in [5, 5.41) is 12.1. The Morgan fingerprint density at radius 1 is 1.06 bits per heavy atom. The molecule has 1 aromatic carbocycles. The highest BCUT2D eigenvalue weighted by atomic mass is 32.2. The van der Waals surface area contributed by atoms with Crippen LogP contribution in [0.15, 0.2) is 24.4 Å². The third kappa shape index (κ3) is 5.46. The van der Waals surface area contributed by atoms with E-state index >= 15 is 0 Å². The number of anilines is 4. The molecule has 3 heterocycles. The summed E-state index contributed by atoms with van der Waals surface area (Å²) in [4.78, 5) is 22.3. The van der Waals surface area contributed by atoms with E-state index in [2.05, 4.69) is 24.8 Å². The lowest BCUT2D eigenvalue weighted by atomic mass is 9.93. The molecule has 2 aromatic rings. The van der Waals surface area contributed by atoms with Crippen molar-refractivity contribution in [3.63, 3.8) is 0 Å². The molecule has 2 aliphatic heterocycles. The Hall–Kier alpha value is -2.79. The van der Waals surface area contributed by atoms with Gasteiger partial charge in [-0.2, -0.15) is 0 Å². The smallest absolute Gasteiger partial charge is 0.275 e. The fraction of sp³-hybridized carbons (Fsp3) is 0.600. The number of sulfonamides is 1. The highest BCUT2D eigenvalue weighted by Gasteiger charge is 2.44. The van der Waals surface area contributed by atoms with Gasteiger partial charge in [0.1, 0.15) is 5.69 Å². The first kappa shape index (κ1) is 24.9. The molecule has 0 atom stereocenters. The van der Waals surface area contributed by atoms with Gasteiger partial charge in [0.15, 0.2) is 0 Å². The number of benzene rings is 1. The van der Waals surface area contributed by atoms with Crippen molar-refractivity contribution in [2.45, 2.75) is 44.9 Å². The lowest BCUT2D eigenvalue weighted by molar-refractivity contribution is 0.102. The zero-order valence-corrected chi connectivity index (χ0v) is 21.7. The average molecular weight is 517 g/mol. The second kappa shape index (κ2) is 9.93. The van der Waals surface area contributed by atoms with Gasteiger partial charge < -0.3 is 24.8 Å². The summed E-state index contributed by atoms with van der Waals surface area (Å²) < 4.78 is 28.9. The van der Waals surface area contributed by atoms with Gasteiger partial charge in [0.25, 0.3) is 5.91 Å². The van der Waals surface area contributed by atoms with Gasteiger partial charge in [0, 0.05) is 39.4 Å². The van der Waals surface area contributed by atoms with E-state index in [1.807, 2.05) is 11.6 Å². The average Bonchev–Trinajstić information content (AvgIpc) is 3.49. The van der Waals surface area contributed by atoms with E-state index in [-0.39, 0.29) is 11.7 Å². The maximum Gasteiger partial charge on any atom is 0.275 e. The van der Waals surface area contributed by atoms with Crippen molar-refractivity contribution in [2.75, 3.05) is 58.4 Å². The fourth-order valence-electron chi connectivity index (χ4n) is 5.35. The molecule has 2 saturated heterocycles. The largest absolute Gasteiger partial charge is 0.395 e. The third-order valence-electron chi connectivity index (χ3n) is 7.72. The number of nitrogens with one attached hydrogen (secondary N) is 2. The van der Waals surface area contributed by atoms with Gasteiger partial charge in [-0.15, -0.1) is 0 Å². The van der Waals surface area contributed by atoms with Gasteiger partial charge in [-0.05, 0) is 68.6 Å². The molecule has 5 rings (SSSR count). The van der Waals surface area contributed by atoms with Gasteiger partial charge in [0.2, 0.25) is 16.0 Å². The molecule has 3 fully saturated rings. The number of piperidine rings is 2. The lowest BCUT2D eigenvalue weighted by Crippen LogP contribution is -2.35. The van der Waals surface area contributed by atoms with Crippen molar-refractivity contribution in [3.8, 4) is 0 Å². The second-order valence-electron chi connectivity index (χ2n) is 10.4. The molecular formula is C25H36N6O4S. The van der Waals surface area contributed by atoms with Crippen LogP contribution in [0.4, 0.5) is 23.0 Å². The molecule has 1 amide bonds. The minimum absolute atomic E-state index is 0.292. The number of rotatable bonds is 8. The van der Waals surface area contributed by atoms with E-state index in [0.717, 1.165) is 63.5 Å². The van der Waals surface area contributed by atoms with E-state index in [0.29, 0.717) is 22.5 Å². The van der Waals surface area contributed by atoms with Crippen LogP contribution in [0.25, 0.3) is 0 Å². The zero-order valence-electron chi connectivity index (χ0n) is 20.9. The maximum atomic E-state index is 13.2. The summed E-state index contributed by atoms with van der Waals surface area (Å²) >= 11 is 0. The summed E-state index contributed by atoms with van der Waals surface area (Å²) in [5.41, 5.74) is 2.66. The molecule has 1 saturated carbocycles. The Morgan fingerprint density at radius 2 is 1.78 bits per heavy atom. The highest BCUT2D eigenvalue weighted by molar-refractivity contribution is 7.92. The minimum atomic E-state index is -3.66. The summed E-state index contributed by atoms with van der Waals surface area (Å²) in [6.07, 6.45) is 10.00. The molecule has 0 bridgehead atoms. The predicted octanol–water partition coefficient (Wildman–Crippen LogP) is 2.78. The molecule has 0 radical (unpaired) electrons. The predicted molar refractivity (Wildman–Crippen MR) is 141 cm³/mol. The zero-order chi connectivity index (χ0) is 25.3. The van der Waals surface area contributed by atoms with Crippen molar-refractivity contribution < 1.29 is 18.3 Å². The monoisotopic (exact) mass is 516 g/mol. The van der Waals surface area contributed by atoms with E-state index < -0.39 is 16.6 Å². The van der Waals surface area contributed by atoms with Crippen LogP contribution in [0.5, 0.6) is 0 Å². The highest BCUT2D eigenvalue weighted by Crippen LogP contribution is 2.54. The molecule has 3 N–H and O–H groups in total. The molecule has 1 spiro atoms. The topological polar surface area (TPSA) is 120 Å². The van der Waals surface area contributed by atoms with Crippen molar-refractivity contribution >= 4 is 38.9 Å². The third-order valence-corrected chi connectivity index (χ3v) is 8.99. The van der Waals surface area contributed by atoms with Crippen LogP contribution >= 0.6 is 0 Å².